The number of aromatic amines is 2. The Bertz CT molecular complexity index is 264. The molecule has 5 heteroatoms. The predicted molar refractivity (Wildman–Crippen MR) is 31.3 cm³/mol. The number of nitrogens with one attached hydrogen (secondary N) is 2. The first-order valence-electron chi connectivity index (χ1n) is 2.63. The van der Waals surface area contributed by atoms with Gasteiger partial charge in [0.1, 0.15) is 0 Å². The van der Waals surface area contributed by atoms with E-state index in [1.54, 1.807) is 6.92 Å². The summed E-state index contributed by atoms with van der Waals surface area (Å²) in [5.41, 5.74) is -0.773. The topological polar surface area (TPSA) is 70.7 Å². The Labute approximate surface area is 50.3 Å². The number of rotatable bonds is 1. The fourth-order valence-corrected chi connectivity index (χ4v) is 0.621. The molecule has 50 valence electrons. The molecule has 0 fully saturated rings. The van der Waals surface area contributed by atoms with Crippen molar-refractivity contribution in [2.75, 3.05) is 0 Å². The van der Waals surface area contributed by atoms with Crippen LogP contribution in [0.25, 0.3) is 0 Å². The molecule has 0 aliphatic rings. The summed E-state index contributed by atoms with van der Waals surface area (Å²) in [6.45, 7) is 2.13. The molecular formula is C4H7N3O2. The van der Waals surface area contributed by atoms with Gasteiger partial charge in [-0.3, -0.25) is 0 Å². The number of hydrogen-bond acceptors (Lipinski definition) is 2. The van der Waals surface area contributed by atoms with E-state index in [0.717, 1.165) is 4.57 Å². The van der Waals surface area contributed by atoms with E-state index in [-0.39, 0.29) is 11.4 Å². The van der Waals surface area contributed by atoms with Gasteiger partial charge in [-0.1, -0.05) is 0 Å². The largest absolute Gasteiger partial charge is 0.344 e. The second-order valence-corrected chi connectivity index (χ2v) is 1.60. The highest BCUT2D eigenvalue weighted by Gasteiger charge is 1.95. The monoisotopic (exact) mass is 129 g/mol. The molecule has 9 heavy (non-hydrogen) atoms. The van der Waals surface area contributed by atoms with Gasteiger partial charge in [-0.05, 0) is 6.92 Å². The van der Waals surface area contributed by atoms with Crippen LogP contribution in [0, 0.1) is 0 Å². The number of nitrogens with zero attached hydrogens (tertiary/aromatic N) is 1. The quantitative estimate of drug-likeness (QED) is 0.504. The van der Waals surface area contributed by atoms with Crippen molar-refractivity contribution < 1.29 is 0 Å². The van der Waals surface area contributed by atoms with Crippen LogP contribution in [0.15, 0.2) is 9.59 Å². The van der Waals surface area contributed by atoms with Crippen LogP contribution in [0.3, 0.4) is 0 Å². The Kier molecular flexibility index (Phi) is 1.26. The maximum atomic E-state index is 10.5. The maximum Gasteiger partial charge on any atom is 0.344 e. The Morgan fingerprint density at radius 2 is 1.78 bits per heavy atom. The molecule has 0 saturated carbocycles. The third-order valence-electron chi connectivity index (χ3n) is 1.08. The lowest BCUT2D eigenvalue weighted by molar-refractivity contribution is 0.703. The molecule has 0 aliphatic heterocycles. The van der Waals surface area contributed by atoms with E-state index in [1.807, 2.05) is 0 Å². The molecule has 0 radical (unpaired) electrons. The van der Waals surface area contributed by atoms with Crippen LogP contribution in [0.2, 0.25) is 0 Å². The zero-order valence-corrected chi connectivity index (χ0v) is 4.97. The van der Waals surface area contributed by atoms with Crippen molar-refractivity contribution in [2.45, 2.75) is 13.5 Å². The van der Waals surface area contributed by atoms with E-state index < -0.39 is 0 Å². The van der Waals surface area contributed by atoms with Gasteiger partial charge in [-0.15, -0.1) is 0 Å². The van der Waals surface area contributed by atoms with Crippen molar-refractivity contribution >= 4 is 0 Å². The molecule has 0 unspecified atom stereocenters. The molecular weight excluding hydrogens is 122 g/mol. The van der Waals surface area contributed by atoms with E-state index in [9.17, 15) is 9.59 Å². The lowest BCUT2D eigenvalue weighted by atomic mass is 10.7. The Morgan fingerprint density at radius 3 is 2.00 bits per heavy atom. The average Bonchev–Trinajstić information content (AvgIpc) is 2.12. The van der Waals surface area contributed by atoms with Crippen molar-refractivity contribution in [2.24, 2.45) is 0 Å². The SMILES string of the molecule is CCn1c(=O)[nH][nH]c1=O. The van der Waals surface area contributed by atoms with Gasteiger partial charge in [0.25, 0.3) is 0 Å². The highest BCUT2D eigenvalue weighted by Crippen LogP contribution is 1.61. The summed E-state index contributed by atoms with van der Waals surface area (Å²) in [6, 6.07) is 0. The molecule has 0 aromatic carbocycles. The lowest BCUT2D eigenvalue weighted by Crippen LogP contribution is -2.25. The van der Waals surface area contributed by atoms with E-state index in [1.165, 1.54) is 0 Å². The molecule has 1 heterocycles. The van der Waals surface area contributed by atoms with Crippen molar-refractivity contribution in [3.05, 3.63) is 21.0 Å². The number of aromatic nitrogens is 3. The van der Waals surface area contributed by atoms with Crippen molar-refractivity contribution in [3.63, 3.8) is 0 Å². The Morgan fingerprint density at radius 1 is 1.33 bits per heavy atom. The van der Waals surface area contributed by atoms with Crippen LogP contribution < -0.4 is 11.4 Å². The Balaban J connectivity index is 3.41. The lowest BCUT2D eigenvalue weighted by Gasteiger charge is -1.84. The third kappa shape index (κ3) is 0.802. The van der Waals surface area contributed by atoms with Gasteiger partial charge in [0, 0.05) is 6.54 Å². The predicted octanol–water partition coefficient (Wildman–Crippen LogP) is -1.12. The summed E-state index contributed by atoms with van der Waals surface area (Å²) >= 11 is 0. The molecule has 2 N–H and O–H groups in total. The van der Waals surface area contributed by atoms with Crippen LogP contribution in [-0.4, -0.2) is 14.8 Å². The van der Waals surface area contributed by atoms with Gasteiger partial charge in [0.2, 0.25) is 0 Å². The number of hydrogen-bond donors (Lipinski definition) is 2. The molecule has 0 aliphatic carbocycles. The molecule has 0 spiro atoms. The van der Waals surface area contributed by atoms with Crippen molar-refractivity contribution in [1.82, 2.24) is 14.8 Å². The highest BCUT2D eigenvalue weighted by atomic mass is 16.2. The van der Waals surface area contributed by atoms with E-state index in [0.29, 0.717) is 6.54 Å². The molecule has 1 aromatic rings. The zero-order valence-electron chi connectivity index (χ0n) is 4.97. The van der Waals surface area contributed by atoms with Gasteiger partial charge in [-0.25, -0.2) is 24.4 Å². The molecule has 0 saturated heterocycles. The minimum absolute atomic E-state index is 0.387. The summed E-state index contributed by atoms with van der Waals surface area (Å²) < 4.78 is 1.07. The van der Waals surface area contributed by atoms with Crippen LogP contribution in [0.5, 0.6) is 0 Å². The summed E-state index contributed by atoms with van der Waals surface area (Å²) in [5.74, 6) is 0. The number of H-pyrrole nitrogens is 2. The highest BCUT2D eigenvalue weighted by molar-refractivity contribution is 4.63. The molecule has 1 rings (SSSR count). The normalized spacial score (nSPS) is 9.89. The van der Waals surface area contributed by atoms with Gasteiger partial charge in [-0.2, -0.15) is 0 Å². The fraction of sp³-hybridized carbons (Fsp3) is 0.500. The van der Waals surface area contributed by atoms with Gasteiger partial charge in [0.15, 0.2) is 0 Å². The van der Waals surface area contributed by atoms with Gasteiger partial charge < -0.3 is 0 Å². The van der Waals surface area contributed by atoms with E-state index >= 15 is 0 Å². The van der Waals surface area contributed by atoms with Crippen LogP contribution in [0.4, 0.5) is 0 Å². The fourth-order valence-electron chi connectivity index (χ4n) is 0.621. The van der Waals surface area contributed by atoms with E-state index in [4.69, 9.17) is 0 Å². The maximum absolute atomic E-state index is 10.5. The molecule has 0 atom stereocenters. The smallest absolute Gasteiger partial charge is 0.247 e. The van der Waals surface area contributed by atoms with Crippen LogP contribution >= 0.6 is 0 Å². The first-order valence-corrected chi connectivity index (χ1v) is 2.63. The molecule has 1 aromatic heterocycles. The molecule has 0 amide bonds. The third-order valence-corrected chi connectivity index (χ3v) is 1.08. The first-order chi connectivity index (χ1) is 4.25. The summed E-state index contributed by atoms with van der Waals surface area (Å²) in [7, 11) is 0. The second kappa shape index (κ2) is 1.93. The van der Waals surface area contributed by atoms with E-state index in [2.05, 4.69) is 10.2 Å². The Hall–Kier alpha value is -1.26. The van der Waals surface area contributed by atoms with Crippen molar-refractivity contribution in [3.8, 4) is 0 Å². The molecule has 0 bridgehead atoms. The van der Waals surface area contributed by atoms with Crippen LogP contribution in [-0.2, 0) is 6.54 Å². The first kappa shape index (κ1) is 5.87. The zero-order chi connectivity index (χ0) is 6.85. The van der Waals surface area contributed by atoms with Crippen molar-refractivity contribution in [1.29, 1.82) is 0 Å². The van der Waals surface area contributed by atoms with Crippen LogP contribution in [0.1, 0.15) is 6.92 Å². The molecule has 5 nitrogen and oxygen atoms in total. The minimum atomic E-state index is -0.387. The average molecular weight is 129 g/mol. The van der Waals surface area contributed by atoms with Gasteiger partial charge >= 0.3 is 11.4 Å². The summed E-state index contributed by atoms with van der Waals surface area (Å²) in [4.78, 5) is 21.1. The standard InChI is InChI=1S/C4H7N3O2/c1-2-7-3(8)5-6-4(7)9/h2H2,1H3,(H,5,8)(H,6,9). The second-order valence-electron chi connectivity index (χ2n) is 1.60. The summed E-state index contributed by atoms with van der Waals surface area (Å²) in [6.07, 6.45) is 0. The minimum Gasteiger partial charge on any atom is -0.247 e. The summed E-state index contributed by atoms with van der Waals surface area (Å²) in [5, 5.41) is 4.32. The van der Waals surface area contributed by atoms with Gasteiger partial charge in [0.05, 0.1) is 0 Å².